The number of benzene rings is 2. The highest BCUT2D eigenvalue weighted by molar-refractivity contribution is 14.0. The number of hydrogen-bond donors (Lipinski definition) is 2. The number of aryl methyl sites for hydroxylation is 2. The fourth-order valence-electron chi connectivity index (χ4n) is 2.88. The molecule has 5 heteroatoms. The molecular weight excluding hydrogens is 437 g/mol. The molecule has 2 aromatic carbocycles. The first-order chi connectivity index (χ1) is 12.0. The summed E-state index contributed by atoms with van der Waals surface area (Å²) in [7, 11) is 3.51. The fourth-order valence-corrected chi connectivity index (χ4v) is 2.88. The molecular formula is C21H30IN3O. The zero-order valence-corrected chi connectivity index (χ0v) is 18.6. The number of hydrogen-bond acceptors (Lipinski definition) is 2. The van der Waals surface area contributed by atoms with Crippen LogP contribution < -0.4 is 15.4 Å². The minimum atomic E-state index is 0. The van der Waals surface area contributed by atoms with Gasteiger partial charge in [-0.25, -0.2) is 0 Å². The highest BCUT2D eigenvalue weighted by Gasteiger charge is 2.11. The third-order valence-corrected chi connectivity index (χ3v) is 4.41. The van der Waals surface area contributed by atoms with Gasteiger partial charge in [0.1, 0.15) is 5.75 Å². The lowest BCUT2D eigenvalue weighted by atomic mass is 10.0. The van der Waals surface area contributed by atoms with Crippen LogP contribution in [0.3, 0.4) is 0 Å². The number of aliphatic imine (C=N–C) groups is 1. The Hall–Kier alpha value is -1.76. The number of nitrogens with zero attached hydrogens (tertiary/aromatic N) is 1. The van der Waals surface area contributed by atoms with Crippen LogP contribution in [0, 0.1) is 13.8 Å². The Morgan fingerprint density at radius 3 is 2.50 bits per heavy atom. The van der Waals surface area contributed by atoms with Gasteiger partial charge >= 0.3 is 0 Å². The summed E-state index contributed by atoms with van der Waals surface area (Å²) in [5, 5.41) is 6.79. The predicted octanol–water partition coefficient (Wildman–Crippen LogP) is 4.40. The molecule has 0 saturated carbocycles. The van der Waals surface area contributed by atoms with Gasteiger partial charge < -0.3 is 15.4 Å². The average molecular weight is 467 g/mol. The normalized spacial score (nSPS) is 12.1. The molecule has 0 heterocycles. The van der Waals surface area contributed by atoms with E-state index in [1.165, 1.54) is 22.3 Å². The molecule has 0 saturated heterocycles. The highest BCUT2D eigenvalue weighted by Crippen LogP contribution is 2.25. The Morgan fingerprint density at radius 1 is 1.12 bits per heavy atom. The van der Waals surface area contributed by atoms with Gasteiger partial charge in [0.2, 0.25) is 0 Å². The quantitative estimate of drug-likeness (QED) is 0.376. The number of halogens is 1. The largest absolute Gasteiger partial charge is 0.496 e. The maximum atomic E-state index is 5.45. The lowest BCUT2D eigenvalue weighted by Crippen LogP contribution is -2.38. The van der Waals surface area contributed by atoms with E-state index in [-0.39, 0.29) is 24.0 Å². The molecule has 2 aromatic rings. The second kappa shape index (κ2) is 11.1. The summed E-state index contributed by atoms with van der Waals surface area (Å²) in [6.07, 6.45) is 0. The zero-order valence-electron chi connectivity index (χ0n) is 16.3. The molecule has 1 atom stereocenters. The van der Waals surface area contributed by atoms with Gasteiger partial charge in [0.05, 0.1) is 7.11 Å². The van der Waals surface area contributed by atoms with E-state index < -0.39 is 0 Å². The second-order valence-electron chi connectivity index (χ2n) is 6.38. The summed E-state index contributed by atoms with van der Waals surface area (Å²) < 4.78 is 5.45. The molecule has 0 aliphatic heterocycles. The molecule has 0 radical (unpaired) electrons. The monoisotopic (exact) mass is 467 g/mol. The van der Waals surface area contributed by atoms with Crippen molar-refractivity contribution in [2.45, 2.75) is 33.2 Å². The van der Waals surface area contributed by atoms with Crippen LogP contribution in [0.2, 0.25) is 0 Å². The minimum Gasteiger partial charge on any atom is -0.496 e. The Labute approximate surface area is 174 Å². The maximum absolute atomic E-state index is 5.45. The maximum Gasteiger partial charge on any atom is 0.191 e. The first kappa shape index (κ1) is 22.3. The lowest BCUT2D eigenvalue weighted by molar-refractivity contribution is 0.406. The molecule has 26 heavy (non-hydrogen) atoms. The molecule has 2 N–H and O–H groups in total. The Balaban J connectivity index is 0.00000338. The lowest BCUT2D eigenvalue weighted by Gasteiger charge is -2.18. The predicted molar refractivity (Wildman–Crippen MR) is 121 cm³/mol. The SMILES string of the molecule is CN=C(NCc1ccc(C)cc1C)NCC(C)c1ccccc1OC.I. The van der Waals surface area contributed by atoms with Gasteiger partial charge in [0.25, 0.3) is 0 Å². The highest BCUT2D eigenvalue weighted by atomic mass is 127. The zero-order chi connectivity index (χ0) is 18.2. The van der Waals surface area contributed by atoms with Crippen molar-refractivity contribution >= 4 is 29.9 Å². The number of guanidine groups is 1. The molecule has 142 valence electrons. The van der Waals surface area contributed by atoms with E-state index in [0.29, 0.717) is 5.92 Å². The van der Waals surface area contributed by atoms with Crippen molar-refractivity contribution in [1.29, 1.82) is 0 Å². The Bertz CT molecular complexity index is 731. The summed E-state index contributed by atoms with van der Waals surface area (Å²) in [5.41, 5.74) is 5.06. The molecule has 0 bridgehead atoms. The van der Waals surface area contributed by atoms with E-state index in [1.54, 1.807) is 14.2 Å². The van der Waals surface area contributed by atoms with Crippen LogP contribution >= 0.6 is 24.0 Å². The van der Waals surface area contributed by atoms with Crippen molar-refractivity contribution in [3.63, 3.8) is 0 Å². The van der Waals surface area contributed by atoms with Gasteiger partial charge in [-0.1, -0.05) is 48.9 Å². The van der Waals surface area contributed by atoms with Crippen molar-refractivity contribution in [2.75, 3.05) is 20.7 Å². The topological polar surface area (TPSA) is 45.7 Å². The smallest absolute Gasteiger partial charge is 0.191 e. The number of ether oxygens (including phenoxy) is 1. The molecule has 0 amide bonds. The summed E-state index contributed by atoms with van der Waals surface area (Å²) in [6, 6.07) is 14.7. The van der Waals surface area contributed by atoms with Crippen LogP contribution in [-0.4, -0.2) is 26.7 Å². The van der Waals surface area contributed by atoms with E-state index in [9.17, 15) is 0 Å². The number of methoxy groups -OCH3 is 1. The second-order valence-corrected chi connectivity index (χ2v) is 6.38. The summed E-state index contributed by atoms with van der Waals surface area (Å²) in [4.78, 5) is 4.32. The number of para-hydroxylation sites is 1. The van der Waals surface area contributed by atoms with Crippen LogP contribution in [0.1, 0.15) is 35.1 Å². The van der Waals surface area contributed by atoms with Crippen LogP contribution in [0.25, 0.3) is 0 Å². The fraction of sp³-hybridized carbons (Fsp3) is 0.381. The molecule has 2 rings (SSSR count). The summed E-state index contributed by atoms with van der Waals surface area (Å²) >= 11 is 0. The van der Waals surface area contributed by atoms with E-state index in [4.69, 9.17) is 4.74 Å². The van der Waals surface area contributed by atoms with Crippen LogP contribution in [-0.2, 0) is 6.54 Å². The van der Waals surface area contributed by atoms with Gasteiger partial charge in [-0.2, -0.15) is 0 Å². The molecule has 0 aromatic heterocycles. The molecule has 0 aliphatic carbocycles. The molecule has 4 nitrogen and oxygen atoms in total. The molecule has 0 spiro atoms. The Morgan fingerprint density at radius 2 is 1.85 bits per heavy atom. The van der Waals surface area contributed by atoms with Crippen molar-refractivity contribution in [3.8, 4) is 5.75 Å². The van der Waals surface area contributed by atoms with Crippen LogP contribution in [0.5, 0.6) is 5.75 Å². The van der Waals surface area contributed by atoms with Crippen molar-refractivity contribution in [2.24, 2.45) is 4.99 Å². The standard InChI is InChI=1S/C21H29N3O.HI/c1-15-10-11-18(16(2)12-15)14-24-21(22-4)23-13-17(3)19-8-6-7-9-20(19)25-5;/h6-12,17H,13-14H2,1-5H3,(H2,22,23,24);1H. The van der Waals surface area contributed by atoms with Crippen molar-refractivity contribution < 1.29 is 4.74 Å². The Kier molecular flexibility index (Phi) is 9.48. The van der Waals surface area contributed by atoms with Gasteiger partial charge in [-0.3, -0.25) is 4.99 Å². The van der Waals surface area contributed by atoms with E-state index in [2.05, 4.69) is 60.7 Å². The van der Waals surface area contributed by atoms with E-state index >= 15 is 0 Å². The first-order valence-corrected chi connectivity index (χ1v) is 8.68. The summed E-state index contributed by atoms with van der Waals surface area (Å²) in [5.74, 6) is 2.05. The van der Waals surface area contributed by atoms with Gasteiger partial charge in [-0.05, 0) is 36.6 Å². The average Bonchev–Trinajstić information content (AvgIpc) is 2.62. The minimum absolute atomic E-state index is 0. The molecule has 0 fully saturated rings. The van der Waals surface area contributed by atoms with E-state index in [0.717, 1.165) is 24.8 Å². The van der Waals surface area contributed by atoms with Crippen LogP contribution in [0.4, 0.5) is 0 Å². The van der Waals surface area contributed by atoms with Crippen molar-refractivity contribution in [1.82, 2.24) is 10.6 Å². The van der Waals surface area contributed by atoms with Gasteiger partial charge in [-0.15, -0.1) is 24.0 Å². The van der Waals surface area contributed by atoms with Gasteiger partial charge in [0.15, 0.2) is 5.96 Å². The first-order valence-electron chi connectivity index (χ1n) is 8.68. The number of rotatable bonds is 6. The molecule has 1 unspecified atom stereocenters. The van der Waals surface area contributed by atoms with Crippen LogP contribution in [0.15, 0.2) is 47.5 Å². The van der Waals surface area contributed by atoms with E-state index in [1.807, 2.05) is 18.2 Å². The van der Waals surface area contributed by atoms with Crippen molar-refractivity contribution in [3.05, 3.63) is 64.7 Å². The third-order valence-electron chi connectivity index (χ3n) is 4.41. The summed E-state index contributed by atoms with van der Waals surface area (Å²) in [6.45, 7) is 7.98. The molecule has 0 aliphatic rings. The van der Waals surface area contributed by atoms with Gasteiger partial charge in [0, 0.05) is 26.1 Å². The third kappa shape index (κ3) is 6.20. The number of nitrogens with one attached hydrogen (secondary N) is 2.